The first-order valence-electron chi connectivity index (χ1n) is 8.10. The third-order valence-electron chi connectivity index (χ3n) is 4.30. The maximum atomic E-state index is 4.43. The van der Waals surface area contributed by atoms with Gasteiger partial charge in [0.05, 0.1) is 6.54 Å². The monoisotopic (exact) mass is 279 g/mol. The van der Waals surface area contributed by atoms with Gasteiger partial charge in [0.2, 0.25) is 0 Å². The molecule has 0 amide bonds. The molecule has 0 bridgehead atoms. The number of hydrogen-bond donors (Lipinski definition) is 1. The summed E-state index contributed by atoms with van der Waals surface area (Å²) in [6, 6.07) is 1.17. The van der Waals surface area contributed by atoms with Crippen LogP contribution >= 0.6 is 0 Å². The Labute approximate surface area is 122 Å². The second kappa shape index (κ2) is 7.74. The Hall–Kier alpha value is -0.940. The molecule has 0 spiro atoms. The quantitative estimate of drug-likeness (QED) is 0.829. The SMILES string of the molecule is CCCNC(C)C1CCCCN1Cc1ncnn1CC. The standard InChI is InChI=1S/C15H29N5/c1-4-9-16-13(3)14-8-6-7-10-19(14)11-15-17-12-18-20(15)5-2/h12-14,16H,4-11H2,1-3H3. The highest BCUT2D eigenvalue weighted by atomic mass is 15.3. The molecule has 0 radical (unpaired) electrons. The van der Waals surface area contributed by atoms with Crippen molar-refractivity contribution in [2.75, 3.05) is 13.1 Å². The van der Waals surface area contributed by atoms with E-state index < -0.39 is 0 Å². The van der Waals surface area contributed by atoms with Crippen LogP contribution in [0.4, 0.5) is 0 Å². The molecule has 0 aliphatic carbocycles. The highest BCUT2D eigenvalue weighted by molar-refractivity contribution is 4.91. The van der Waals surface area contributed by atoms with Crippen LogP contribution in [0.1, 0.15) is 52.3 Å². The van der Waals surface area contributed by atoms with Crippen LogP contribution in [0, 0.1) is 0 Å². The van der Waals surface area contributed by atoms with Gasteiger partial charge in [-0.2, -0.15) is 5.10 Å². The summed E-state index contributed by atoms with van der Waals surface area (Å²) >= 11 is 0. The van der Waals surface area contributed by atoms with E-state index in [-0.39, 0.29) is 0 Å². The molecule has 2 atom stereocenters. The normalized spacial score (nSPS) is 22.1. The van der Waals surface area contributed by atoms with Crippen molar-refractivity contribution in [3.8, 4) is 0 Å². The molecule has 114 valence electrons. The highest BCUT2D eigenvalue weighted by Crippen LogP contribution is 2.21. The molecule has 2 heterocycles. The maximum absolute atomic E-state index is 4.43. The van der Waals surface area contributed by atoms with Crippen LogP contribution in [0.2, 0.25) is 0 Å². The van der Waals surface area contributed by atoms with Crippen molar-refractivity contribution in [1.82, 2.24) is 25.0 Å². The van der Waals surface area contributed by atoms with Crippen molar-refractivity contribution in [3.63, 3.8) is 0 Å². The summed E-state index contributed by atoms with van der Waals surface area (Å²) < 4.78 is 2.01. The molecule has 1 aromatic rings. The lowest BCUT2D eigenvalue weighted by molar-refractivity contribution is 0.107. The second-order valence-electron chi connectivity index (χ2n) is 5.77. The van der Waals surface area contributed by atoms with E-state index in [0.29, 0.717) is 12.1 Å². The minimum Gasteiger partial charge on any atom is -0.313 e. The number of likely N-dealkylation sites (tertiary alicyclic amines) is 1. The minimum absolute atomic E-state index is 0.549. The van der Waals surface area contributed by atoms with Crippen molar-refractivity contribution in [2.24, 2.45) is 0 Å². The van der Waals surface area contributed by atoms with E-state index in [2.05, 4.69) is 41.1 Å². The molecule has 0 aromatic carbocycles. The Morgan fingerprint density at radius 2 is 2.25 bits per heavy atom. The third-order valence-corrected chi connectivity index (χ3v) is 4.30. The molecule has 1 N–H and O–H groups in total. The van der Waals surface area contributed by atoms with Crippen LogP contribution in [0.15, 0.2) is 6.33 Å². The molecule has 1 fully saturated rings. The highest BCUT2D eigenvalue weighted by Gasteiger charge is 2.27. The Morgan fingerprint density at radius 1 is 1.40 bits per heavy atom. The lowest BCUT2D eigenvalue weighted by Crippen LogP contribution is -2.51. The van der Waals surface area contributed by atoms with Crippen LogP contribution < -0.4 is 5.32 Å². The minimum atomic E-state index is 0.549. The number of hydrogen-bond acceptors (Lipinski definition) is 4. The molecule has 2 rings (SSSR count). The Bertz CT molecular complexity index is 389. The Kier molecular flexibility index (Phi) is 5.98. The molecule has 2 unspecified atom stereocenters. The smallest absolute Gasteiger partial charge is 0.141 e. The summed E-state index contributed by atoms with van der Waals surface area (Å²) in [7, 11) is 0. The van der Waals surface area contributed by atoms with Gasteiger partial charge in [0.1, 0.15) is 12.2 Å². The number of nitrogens with one attached hydrogen (secondary N) is 1. The average Bonchev–Trinajstić information content (AvgIpc) is 2.92. The molecule has 1 aliphatic heterocycles. The van der Waals surface area contributed by atoms with Crippen LogP contribution in [0.5, 0.6) is 0 Å². The zero-order valence-corrected chi connectivity index (χ0v) is 13.2. The van der Waals surface area contributed by atoms with E-state index >= 15 is 0 Å². The summed E-state index contributed by atoms with van der Waals surface area (Å²) in [5, 5.41) is 7.94. The fourth-order valence-corrected chi connectivity index (χ4v) is 3.14. The summed E-state index contributed by atoms with van der Waals surface area (Å²) in [6.45, 7) is 10.8. The van der Waals surface area contributed by atoms with Crippen molar-refractivity contribution in [2.45, 2.75) is 71.6 Å². The van der Waals surface area contributed by atoms with Gasteiger partial charge in [-0.25, -0.2) is 9.67 Å². The fourth-order valence-electron chi connectivity index (χ4n) is 3.14. The van der Waals surface area contributed by atoms with Gasteiger partial charge in [-0.3, -0.25) is 4.90 Å². The van der Waals surface area contributed by atoms with Crippen LogP contribution in [0.3, 0.4) is 0 Å². The first kappa shape index (κ1) is 15.4. The van der Waals surface area contributed by atoms with E-state index in [9.17, 15) is 0 Å². The number of aryl methyl sites for hydroxylation is 1. The molecule has 1 aliphatic rings. The van der Waals surface area contributed by atoms with Crippen molar-refractivity contribution >= 4 is 0 Å². The number of rotatable bonds is 7. The van der Waals surface area contributed by atoms with Gasteiger partial charge in [0.25, 0.3) is 0 Å². The first-order valence-corrected chi connectivity index (χ1v) is 8.10. The van der Waals surface area contributed by atoms with Gasteiger partial charge >= 0.3 is 0 Å². The van der Waals surface area contributed by atoms with Gasteiger partial charge in [-0.1, -0.05) is 13.3 Å². The molecular formula is C15H29N5. The summed E-state index contributed by atoms with van der Waals surface area (Å²) in [5.41, 5.74) is 0. The van der Waals surface area contributed by atoms with Crippen molar-refractivity contribution in [3.05, 3.63) is 12.2 Å². The zero-order valence-electron chi connectivity index (χ0n) is 13.2. The lowest BCUT2D eigenvalue weighted by Gasteiger charge is -2.39. The molecular weight excluding hydrogens is 250 g/mol. The van der Waals surface area contributed by atoms with E-state index in [1.807, 2.05) is 4.68 Å². The van der Waals surface area contributed by atoms with E-state index in [1.165, 1.54) is 32.2 Å². The molecule has 5 nitrogen and oxygen atoms in total. The van der Waals surface area contributed by atoms with Crippen LogP contribution in [0.25, 0.3) is 0 Å². The predicted octanol–water partition coefficient (Wildman–Crippen LogP) is 2.04. The Balaban J connectivity index is 1.99. The van der Waals surface area contributed by atoms with Gasteiger partial charge in [-0.05, 0) is 46.2 Å². The van der Waals surface area contributed by atoms with Gasteiger partial charge < -0.3 is 5.32 Å². The zero-order chi connectivity index (χ0) is 14.4. The fraction of sp³-hybridized carbons (Fsp3) is 0.867. The Morgan fingerprint density at radius 3 is 3.00 bits per heavy atom. The third kappa shape index (κ3) is 3.79. The van der Waals surface area contributed by atoms with Gasteiger partial charge in [0.15, 0.2) is 0 Å². The number of aromatic nitrogens is 3. The summed E-state index contributed by atoms with van der Waals surface area (Å²) in [4.78, 5) is 7.02. The van der Waals surface area contributed by atoms with Gasteiger partial charge in [-0.15, -0.1) is 0 Å². The molecule has 1 saturated heterocycles. The van der Waals surface area contributed by atoms with Crippen molar-refractivity contribution in [1.29, 1.82) is 0 Å². The van der Waals surface area contributed by atoms with E-state index in [4.69, 9.17) is 0 Å². The number of nitrogens with zero attached hydrogens (tertiary/aromatic N) is 4. The molecule has 0 saturated carbocycles. The van der Waals surface area contributed by atoms with Gasteiger partial charge in [0, 0.05) is 18.6 Å². The molecule has 20 heavy (non-hydrogen) atoms. The van der Waals surface area contributed by atoms with Crippen LogP contribution in [-0.2, 0) is 13.1 Å². The average molecular weight is 279 g/mol. The van der Waals surface area contributed by atoms with E-state index in [0.717, 1.165) is 25.5 Å². The van der Waals surface area contributed by atoms with Crippen LogP contribution in [-0.4, -0.2) is 44.8 Å². The second-order valence-corrected chi connectivity index (χ2v) is 5.77. The lowest BCUT2D eigenvalue weighted by atomic mass is 9.96. The molecule has 5 heteroatoms. The predicted molar refractivity (Wildman–Crippen MR) is 81.5 cm³/mol. The summed E-state index contributed by atoms with van der Waals surface area (Å²) in [5.74, 6) is 1.10. The largest absolute Gasteiger partial charge is 0.313 e. The summed E-state index contributed by atoms with van der Waals surface area (Å²) in [6.07, 6.45) is 6.81. The topological polar surface area (TPSA) is 46.0 Å². The first-order chi connectivity index (χ1) is 9.76. The van der Waals surface area contributed by atoms with Crippen molar-refractivity contribution < 1.29 is 0 Å². The molecule has 1 aromatic heterocycles. The maximum Gasteiger partial charge on any atom is 0.141 e. The number of piperidine rings is 1. The van der Waals surface area contributed by atoms with E-state index in [1.54, 1.807) is 6.33 Å².